The van der Waals surface area contributed by atoms with Gasteiger partial charge in [-0.05, 0) is 19.8 Å². The number of hydrogen-bond donors (Lipinski definition) is 1. The van der Waals surface area contributed by atoms with Crippen LogP contribution in [0.15, 0.2) is 15.9 Å². The van der Waals surface area contributed by atoms with E-state index in [4.69, 9.17) is 15.3 Å². The zero-order valence-corrected chi connectivity index (χ0v) is 14.0. The van der Waals surface area contributed by atoms with Gasteiger partial charge in [0.15, 0.2) is 6.61 Å². The molecule has 2 N–H and O–H groups in total. The summed E-state index contributed by atoms with van der Waals surface area (Å²) in [5, 5.41) is 9.86. The van der Waals surface area contributed by atoms with Gasteiger partial charge in [-0.1, -0.05) is 5.16 Å². The van der Waals surface area contributed by atoms with Crippen LogP contribution >= 0.6 is 22.7 Å². The monoisotopic (exact) mass is 338 g/mol. The molecule has 8 heteroatoms. The maximum Gasteiger partial charge on any atom is 0.160 e. The first kappa shape index (κ1) is 15.4. The maximum absolute atomic E-state index is 5.84. The summed E-state index contributed by atoms with van der Waals surface area (Å²) < 4.78 is 5.62. The molecule has 0 spiro atoms. The minimum atomic E-state index is 0.153. The fourth-order valence-electron chi connectivity index (χ4n) is 2.16. The molecule has 0 aliphatic carbocycles. The van der Waals surface area contributed by atoms with Gasteiger partial charge in [0.25, 0.3) is 0 Å². The first-order chi connectivity index (χ1) is 10.7. The molecule has 0 radical (unpaired) electrons. The van der Waals surface area contributed by atoms with Crippen molar-refractivity contribution in [2.75, 3.05) is 6.61 Å². The molecule has 2 aromatic heterocycles. The molecule has 118 valence electrons. The van der Waals surface area contributed by atoms with E-state index in [0.717, 1.165) is 40.9 Å². The third-order valence-electron chi connectivity index (χ3n) is 3.17. The van der Waals surface area contributed by atoms with Crippen molar-refractivity contribution in [2.24, 2.45) is 10.9 Å². The van der Waals surface area contributed by atoms with Gasteiger partial charge in [0, 0.05) is 23.1 Å². The van der Waals surface area contributed by atoms with E-state index < -0.39 is 0 Å². The molecule has 1 aliphatic rings. The number of thiazole rings is 2. The average Bonchev–Trinajstić information content (AvgIpc) is 3.20. The van der Waals surface area contributed by atoms with E-state index >= 15 is 0 Å². The summed E-state index contributed by atoms with van der Waals surface area (Å²) in [5.74, 6) is 0.420. The van der Waals surface area contributed by atoms with E-state index in [2.05, 4.69) is 15.1 Å². The fraction of sp³-hybridized carbons (Fsp3) is 0.500. The zero-order valence-electron chi connectivity index (χ0n) is 12.3. The molecular weight excluding hydrogens is 320 g/mol. The smallest absolute Gasteiger partial charge is 0.160 e. The van der Waals surface area contributed by atoms with Crippen molar-refractivity contribution in [3.63, 3.8) is 0 Å². The Balaban J connectivity index is 1.48. The van der Waals surface area contributed by atoms with Crippen molar-refractivity contribution >= 4 is 28.5 Å². The summed E-state index contributed by atoms with van der Waals surface area (Å²) in [6.45, 7) is 3.10. The number of nitrogens with two attached hydrogens (primary N) is 1. The van der Waals surface area contributed by atoms with Gasteiger partial charge in [-0.2, -0.15) is 0 Å². The quantitative estimate of drug-likeness (QED) is 0.497. The lowest BCUT2D eigenvalue weighted by Crippen LogP contribution is -2.15. The van der Waals surface area contributed by atoms with Crippen molar-refractivity contribution in [3.05, 3.63) is 32.2 Å². The van der Waals surface area contributed by atoms with Gasteiger partial charge < -0.3 is 15.3 Å². The van der Waals surface area contributed by atoms with Crippen molar-refractivity contribution in [3.8, 4) is 0 Å². The van der Waals surface area contributed by atoms with E-state index in [1.54, 1.807) is 22.7 Å². The van der Waals surface area contributed by atoms with Crippen molar-refractivity contribution in [1.29, 1.82) is 0 Å². The summed E-state index contributed by atoms with van der Waals surface area (Å²) in [6, 6.07) is 0. The Morgan fingerprint density at radius 1 is 1.45 bits per heavy atom. The lowest BCUT2D eigenvalue weighted by Gasteiger charge is -2.03. The van der Waals surface area contributed by atoms with Crippen LogP contribution in [0.25, 0.3) is 0 Å². The molecular formula is C14H18N4O2S2. The number of nitrogens with zero attached hydrogens (tertiary/aromatic N) is 3. The Hall–Kier alpha value is -1.51. The van der Waals surface area contributed by atoms with Gasteiger partial charge in [0.05, 0.1) is 12.1 Å². The second-order valence-corrected chi connectivity index (χ2v) is 6.93. The zero-order chi connectivity index (χ0) is 15.4. The molecule has 22 heavy (non-hydrogen) atoms. The van der Waals surface area contributed by atoms with Gasteiger partial charge in [-0.15, -0.1) is 22.7 Å². The van der Waals surface area contributed by atoms with Crippen LogP contribution in [0.3, 0.4) is 0 Å². The number of ether oxygens (including phenoxy) is 1. The van der Waals surface area contributed by atoms with Crippen LogP contribution in [0.4, 0.5) is 0 Å². The van der Waals surface area contributed by atoms with E-state index in [9.17, 15) is 0 Å². The van der Waals surface area contributed by atoms with E-state index in [0.29, 0.717) is 18.9 Å². The van der Waals surface area contributed by atoms with Crippen LogP contribution in [0.1, 0.15) is 40.3 Å². The van der Waals surface area contributed by atoms with Crippen molar-refractivity contribution in [1.82, 2.24) is 9.97 Å². The van der Waals surface area contributed by atoms with E-state index in [1.165, 1.54) is 0 Å². The lowest BCUT2D eigenvalue weighted by molar-refractivity contribution is 0.109. The first-order valence-electron chi connectivity index (χ1n) is 7.12. The average molecular weight is 338 g/mol. The van der Waals surface area contributed by atoms with Crippen LogP contribution in [-0.4, -0.2) is 22.4 Å². The molecule has 1 atom stereocenters. The van der Waals surface area contributed by atoms with Gasteiger partial charge in [0.2, 0.25) is 0 Å². The molecule has 0 aromatic carbocycles. The summed E-state index contributed by atoms with van der Waals surface area (Å²) >= 11 is 3.18. The van der Waals surface area contributed by atoms with Crippen LogP contribution in [-0.2, 0) is 22.6 Å². The molecule has 1 aliphatic heterocycles. The van der Waals surface area contributed by atoms with Crippen LogP contribution in [0, 0.1) is 6.92 Å². The largest absolute Gasteiger partial charge is 0.388 e. The number of hydrogen-bond acceptors (Lipinski definition) is 7. The van der Waals surface area contributed by atoms with Gasteiger partial charge in [-0.25, -0.2) is 9.97 Å². The molecule has 0 bridgehead atoms. The molecule has 2 aromatic rings. The third-order valence-corrected chi connectivity index (χ3v) is 5.12. The lowest BCUT2D eigenvalue weighted by atomic mass is 10.2. The predicted molar refractivity (Wildman–Crippen MR) is 87.0 cm³/mol. The number of amidine groups is 1. The van der Waals surface area contributed by atoms with Crippen LogP contribution in [0.2, 0.25) is 0 Å². The second-order valence-electron chi connectivity index (χ2n) is 5.09. The molecule has 0 saturated carbocycles. The number of aryl methyl sites for hydroxylation is 1. The fourth-order valence-corrected chi connectivity index (χ4v) is 3.83. The van der Waals surface area contributed by atoms with Crippen LogP contribution in [0.5, 0.6) is 0 Å². The topological polar surface area (TPSA) is 82.6 Å². The molecule has 3 rings (SSSR count). The van der Waals surface area contributed by atoms with Crippen molar-refractivity contribution < 1.29 is 9.57 Å². The van der Waals surface area contributed by atoms with E-state index in [1.807, 2.05) is 17.7 Å². The predicted octanol–water partition coefficient (Wildman–Crippen LogP) is 2.79. The first-order valence-corrected chi connectivity index (χ1v) is 8.88. The van der Waals surface area contributed by atoms with Crippen LogP contribution < -0.4 is 5.73 Å². The maximum atomic E-state index is 5.84. The third kappa shape index (κ3) is 4.02. The number of rotatable bonds is 6. The molecule has 6 nitrogen and oxygen atoms in total. The number of oxime groups is 1. The van der Waals surface area contributed by atoms with Gasteiger partial charge >= 0.3 is 0 Å². The Morgan fingerprint density at radius 2 is 2.36 bits per heavy atom. The highest BCUT2D eigenvalue weighted by atomic mass is 32.1. The second kappa shape index (κ2) is 7.17. The Kier molecular flexibility index (Phi) is 5.01. The summed E-state index contributed by atoms with van der Waals surface area (Å²) in [4.78, 5) is 14.1. The molecule has 1 fully saturated rings. The van der Waals surface area contributed by atoms with E-state index in [-0.39, 0.29) is 6.10 Å². The molecule has 1 saturated heterocycles. The normalized spacial score (nSPS) is 18.8. The standard InChI is InChI=1S/C14H18N4O2S2/c1-9-7-21-13(16-9)5-12(15)18-20-6-10-8-22-14(17-10)11-3-2-4-19-11/h7-8,11H,2-6H2,1H3,(H2,15,18)/t11-/m1/s1. The number of aromatic nitrogens is 2. The Bertz CT molecular complexity index is 647. The highest BCUT2D eigenvalue weighted by Gasteiger charge is 2.20. The summed E-state index contributed by atoms with van der Waals surface area (Å²) in [6.07, 6.45) is 2.82. The Labute approximate surface area is 137 Å². The van der Waals surface area contributed by atoms with Crippen molar-refractivity contribution in [2.45, 2.75) is 38.9 Å². The highest BCUT2D eigenvalue weighted by Crippen LogP contribution is 2.30. The molecule has 0 amide bonds. The summed E-state index contributed by atoms with van der Waals surface area (Å²) in [7, 11) is 0. The minimum absolute atomic E-state index is 0.153. The highest BCUT2D eigenvalue weighted by molar-refractivity contribution is 7.10. The van der Waals surface area contributed by atoms with Gasteiger partial charge in [0.1, 0.15) is 22.0 Å². The minimum Gasteiger partial charge on any atom is -0.388 e. The summed E-state index contributed by atoms with van der Waals surface area (Å²) in [5.41, 5.74) is 7.69. The molecule has 0 unspecified atom stereocenters. The molecule has 3 heterocycles. The Morgan fingerprint density at radius 3 is 3.09 bits per heavy atom. The SMILES string of the molecule is Cc1csc(C/C(N)=N\OCc2csc([C@H]3CCCO3)n2)n1. The van der Waals surface area contributed by atoms with Gasteiger partial charge in [-0.3, -0.25) is 0 Å².